The van der Waals surface area contributed by atoms with Crippen molar-refractivity contribution in [2.45, 2.75) is 33.2 Å². The number of nitrogens with zero attached hydrogens (tertiary/aromatic N) is 7. The van der Waals surface area contributed by atoms with Crippen LogP contribution >= 0.6 is 11.6 Å². The molecular formula is C21H21ClFN7O. The van der Waals surface area contributed by atoms with Crippen LogP contribution in [0.25, 0.3) is 5.57 Å². The fraction of sp³-hybridized carbons (Fsp3) is 0.333. The molecule has 1 aliphatic heterocycles. The Morgan fingerprint density at radius 1 is 1.26 bits per heavy atom. The van der Waals surface area contributed by atoms with E-state index in [1.807, 2.05) is 6.92 Å². The number of hydrogen-bond acceptors (Lipinski definition) is 7. The maximum absolute atomic E-state index is 14.0. The molecule has 3 aromatic rings. The molecule has 4 rings (SSSR count). The lowest BCUT2D eigenvalue weighted by atomic mass is 9.99. The van der Waals surface area contributed by atoms with Gasteiger partial charge in [0.1, 0.15) is 5.82 Å². The lowest BCUT2D eigenvalue weighted by molar-refractivity contribution is 0.0988. The number of tetrazole rings is 1. The van der Waals surface area contributed by atoms with Gasteiger partial charge in [-0.2, -0.15) is 4.80 Å². The molecular weight excluding hydrogens is 421 g/mol. The van der Waals surface area contributed by atoms with Gasteiger partial charge in [-0.3, -0.25) is 14.8 Å². The average Bonchev–Trinajstić information content (AvgIpc) is 3.24. The number of aryl methyl sites for hydroxylation is 1. The zero-order valence-electron chi connectivity index (χ0n) is 17.2. The van der Waals surface area contributed by atoms with E-state index in [2.05, 4.69) is 37.2 Å². The summed E-state index contributed by atoms with van der Waals surface area (Å²) in [7, 11) is 0. The maximum atomic E-state index is 14.0. The molecule has 3 heterocycles. The van der Waals surface area contributed by atoms with Crippen LogP contribution in [0.3, 0.4) is 0 Å². The first-order valence-electron chi connectivity index (χ1n) is 9.96. The topological polar surface area (TPSA) is 89.7 Å². The average molecular weight is 442 g/mol. The molecule has 0 bridgehead atoms. The van der Waals surface area contributed by atoms with Crippen LogP contribution in [-0.2, 0) is 13.0 Å². The highest BCUT2D eigenvalue weighted by atomic mass is 35.5. The minimum atomic E-state index is -0.640. The lowest BCUT2D eigenvalue weighted by Gasteiger charge is -2.28. The van der Waals surface area contributed by atoms with Gasteiger partial charge >= 0.3 is 0 Å². The number of aromatic nitrogens is 6. The number of carbonyl (C=O) groups is 1. The Hall–Kier alpha value is -3.20. The monoisotopic (exact) mass is 441 g/mol. The third-order valence-corrected chi connectivity index (χ3v) is 5.54. The second-order valence-corrected chi connectivity index (χ2v) is 7.71. The number of ketones is 1. The normalized spacial score (nSPS) is 14.3. The molecule has 0 radical (unpaired) electrons. The molecule has 1 aliphatic rings. The third-order valence-electron chi connectivity index (χ3n) is 5.23. The standard InChI is InChI=1S/C21H21ClFN7O/c1-3-30-27-21(26-28-30)29-8-7-13(2)15(12-29)18-11-24-14(10-25-18)9-19(31)20-16(22)5-4-6-17(20)23/h4-6,10-11H,3,7-9,12H2,1-2H3. The van der Waals surface area contributed by atoms with Gasteiger partial charge in [-0.05, 0) is 43.2 Å². The Kier molecular flexibility index (Phi) is 6.03. The van der Waals surface area contributed by atoms with Crippen LogP contribution in [0.2, 0.25) is 5.02 Å². The van der Waals surface area contributed by atoms with E-state index < -0.39 is 11.6 Å². The van der Waals surface area contributed by atoms with Gasteiger partial charge in [0.25, 0.3) is 5.95 Å². The van der Waals surface area contributed by atoms with Gasteiger partial charge < -0.3 is 4.90 Å². The van der Waals surface area contributed by atoms with Gasteiger partial charge in [0.05, 0.1) is 41.1 Å². The molecule has 2 aromatic heterocycles. The highest BCUT2D eigenvalue weighted by molar-refractivity contribution is 6.34. The van der Waals surface area contributed by atoms with Crippen molar-refractivity contribution in [2.75, 3.05) is 18.0 Å². The fourth-order valence-electron chi connectivity index (χ4n) is 3.44. The molecule has 8 nitrogen and oxygen atoms in total. The van der Waals surface area contributed by atoms with E-state index in [4.69, 9.17) is 11.6 Å². The molecule has 0 saturated carbocycles. The summed E-state index contributed by atoms with van der Waals surface area (Å²) in [6.45, 7) is 6.08. The number of hydrogen-bond donors (Lipinski definition) is 0. The Morgan fingerprint density at radius 3 is 2.77 bits per heavy atom. The number of benzene rings is 1. The molecule has 160 valence electrons. The first-order valence-corrected chi connectivity index (χ1v) is 10.3. The summed E-state index contributed by atoms with van der Waals surface area (Å²) in [4.78, 5) is 25.0. The zero-order chi connectivity index (χ0) is 22.0. The number of halogens is 2. The van der Waals surface area contributed by atoms with Gasteiger partial charge in [0.15, 0.2) is 5.78 Å². The summed E-state index contributed by atoms with van der Waals surface area (Å²) in [5.74, 6) is -0.489. The highest BCUT2D eigenvalue weighted by Crippen LogP contribution is 2.27. The predicted molar refractivity (Wildman–Crippen MR) is 114 cm³/mol. The smallest absolute Gasteiger partial charge is 0.266 e. The molecule has 0 spiro atoms. The van der Waals surface area contributed by atoms with Crippen molar-refractivity contribution < 1.29 is 9.18 Å². The van der Waals surface area contributed by atoms with Crippen molar-refractivity contribution in [3.63, 3.8) is 0 Å². The van der Waals surface area contributed by atoms with Crippen LogP contribution in [0, 0.1) is 5.82 Å². The molecule has 0 saturated heterocycles. The number of Topliss-reactive ketones (excluding diaryl/α,β-unsaturated/α-hetero) is 1. The first kappa shape index (κ1) is 21.0. The van der Waals surface area contributed by atoms with Crippen molar-refractivity contribution in [2.24, 2.45) is 0 Å². The molecule has 0 atom stereocenters. The maximum Gasteiger partial charge on any atom is 0.266 e. The molecule has 0 amide bonds. The Bertz CT molecular complexity index is 1120. The van der Waals surface area contributed by atoms with Gasteiger partial charge in [-0.15, -0.1) is 5.10 Å². The van der Waals surface area contributed by atoms with E-state index in [9.17, 15) is 9.18 Å². The Balaban J connectivity index is 1.50. The number of carbonyl (C=O) groups excluding carboxylic acids is 1. The van der Waals surface area contributed by atoms with Crippen molar-refractivity contribution in [3.05, 3.63) is 64.0 Å². The second kappa shape index (κ2) is 8.89. The lowest BCUT2D eigenvalue weighted by Crippen LogP contribution is -2.32. The van der Waals surface area contributed by atoms with Gasteiger partial charge in [0, 0.05) is 19.3 Å². The second-order valence-electron chi connectivity index (χ2n) is 7.30. The molecule has 0 fully saturated rings. The molecule has 0 aliphatic carbocycles. The van der Waals surface area contributed by atoms with E-state index >= 15 is 0 Å². The van der Waals surface area contributed by atoms with Gasteiger partial charge in [-0.25, -0.2) is 4.39 Å². The molecule has 0 N–H and O–H groups in total. The van der Waals surface area contributed by atoms with Crippen molar-refractivity contribution >= 4 is 28.9 Å². The predicted octanol–water partition coefficient (Wildman–Crippen LogP) is 3.38. The van der Waals surface area contributed by atoms with E-state index in [0.29, 0.717) is 24.7 Å². The summed E-state index contributed by atoms with van der Waals surface area (Å²) in [5.41, 5.74) is 3.32. The van der Waals surface area contributed by atoms with Crippen LogP contribution in [0.5, 0.6) is 0 Å². The van der Waals surface area contributed by atoms with E-state index in [0.717, 1.165) is 24.2 Å². The SMILES string of the molecule is CCn1nnc(N2CCC(C)=C(c3cnc(CC(=O)c4c(F)cccc4Cl)cn3)C2)n1. The summed E-state index contributed by atoms with van der Waals surface area (Å²) in [6, 6.07) is 4.17. The van der Waals surface area contributed by atoms with Crippen LogP contribution in [0.1, 0.15) is 42.0 Å². The summed E-state index contributed by atoms with van der Waals surface area (Å²) < 4.78 is 14.0. The van der Waals surface area contributed by atoms with E-state index in [-0.39, 0.29) is 17.0 Å². The quantitative estimate of drug-likeness (QED) is 0.541. The Morgan fingerprint density at radius 2 is 2.10 bits per heavy atom. The fourth-order valence-corrected chi connectivity index (χ4v) is 3.71. The van der Waals surface area contributed by atoms with Crippen molar-refractivity contribution in [1.82, 2.24) is 30.2 Å². The Labute approximate surface area is 183 Å². The summed E-state index contributed by atoms with van der Waals surface area (Å²) in [6.07, 6.45) is 3.96. The molecule has 10 heteroatoms. The summed E-state index contributed by atoms with van der Waals surface area (Å²) >= 11 is 5.98. The van der Waals surface area contributed by atoms with Crippen LogP contribution in [0.4, 0.5) is 10.3 Å². The number of rotatable bonds is 6. The number of anilines is 1. The van der Waals surface area contributed by atoms with Crippen LogP contribution in [0.15, 0.2) is 36.2 Å². The van der Waals surface area contributed by atoms with E-state index in [1.165, 1.54) is 23.8 Å². The first-order chi connectivity index (χ1) is 15.0. The summed E-state index contributed by atoms with van der Waals surface area (Å²) in [5, 5.41) is 12.6. The largest absolute Gasteiger partial charge is 0.333 e. The molecule has 0 unspecified atom stereocenters. The minimum absolute atomic E-state index is 0.0812. The molecule has 1 aromatic carbocycles. The van der Waals surface area contributed by atoms with Crippen molar-refractivity contribution in [3.8, 4) is 0 Å². The van der Waals surface area contributed by atoms with E-state index in [1.54, 1.807) is 17.2 Å². The highest BCUT2D eigenvalue weighted by Gasteiger charge is 2.23. The van der Waals surface area contributed by atoms with Crippen molar-refractivity contribution in [1.29, 1.82) is 0 Å². The molecule has 31 heavy (non-hydrogen) atoms. The zero-order valence-corrected chi connectivity index (χ0v) is 18.0. The third kappa shape index (κ3) is 4.46. The van der Waals surface area contributed by atoms with Crippen LogP contribution in [-0.4, -0.2) is 49.0 Å². The minimum Gasteiger partial charge on any atom is -0.333 e. The van der Waals surface area contributed by atoms with Gasteiger partial charge in [-0.1, -0.05) is 28.3 Å². The van der Waals surface area contributed by atoms with Gasteiger partial charge in [0.2, 0.25) is 0 Å². The van der Waals surface area contributed by atoms with Crippen LogP contribution < -0.4 is 4.90 Å².